The Morgan fingerprint density at radius 2 is 1.46 bits per heavy atom. The average molecular weight is 187 g/mol. The standard InChI is InChI=1S/C10H21NO.CH4/c1-2-3-4-5-6-7-8-9-10(11)12;/h2-9H2,1H3,(H2,11,12);1H4. The van der Waals surface area contributed by atoms with Crippen LogP contribution in [0.2, 0.25) is 0 Å². The number of rotatable bonds is 8. The molecule has 80 valence electrons. The number of primary amides is 1. The third kappa shape index (κ3) is 14.3. The van der Waals surface area contributed by atoms with E-state index < -0.39 is 0 Å². The Labute approximate surface area is 82.9 Å². The molecule has 0 bridgehead atoms. The number of carbonyl (C=O) groups excluding carboxylic acids is 1. The fourth-order valence-electron chi connectivity index (χ4n) is 1.26. The molecule has 0 aromatic carbocycles. The summed E-state index contributed by atoms with van der Waals surface area (Å²) in [4.78, 5) is 10.4. The maximum absolute atomic E-state index is 10.4. The van der Waals surface area contributed by atoms with Crippen LogP contribution in [0.1, 0.15) is 65.7 Å². The van der Waals surface area contributed by atoms with E-state index in [2.05, 4.69) is 6.92 Å². The molecule has 0 saturated carbocycles. The highest BCUT2D eigenvalue weighted by Gasteiger charge is 1.94. The van der Waals surface area contributed by atoms with Crippen LogP contribution in [0.5, 0.6) is 0 Å². The summed E-state index contributed by atoms with van der Waals surface area (Å²) in [6, 6.07) is 0. The molecular weight excluding hydrogens is 162 g/mol. The molecule has 0 radical (unpaired) electrons. The van der Waals surface area contributed by atoms with Gasteiger partial charge in [0.15, 0.2) is 0 Å². The van der Waals surface area contributed by atoms with Gasteiger partial charge in [-0.15, -0.1) is 0 Å². The summed E-state index contributed by atoms with van der Waals surface area (Å²) in [6.07, 6.45) is 9.24. The highest BCUT2D eigenvalue weighted by atomic mass is 16.1. The predicted molar refractivity (Wildman–Crippen MR) is 58.5 cm³/mol. The lowest BCUT2D eigenvalue weighted by Crippen LogP contribution is -2.09. The second-order valence-electron chi connectivity index (χ2n) is 3.34. The molecule has 1 amide bonds. The maximum Gasteiger partial charge on any atom is 0.217 e. The molecule has 0 atom stereocenters. The van der Waals surface area contributed by atoms with Gasteiger partial charge in [0.2, 0.25) is 5.91 Å². The minimum Gasteiger partial charge on any atom is -0.370 e. The van der Waals surface area contributed by atoms with E-state index in [1.165, 1.54) is 32.1 Å². The van der Waals surface area contributed by atoms with Crippen LogP contribution < -0.4 is 5.73 Å². The van der Waals surface area contributed by atoms with Gasteiger partial charge < -0.3 is 5.73 Å². The lowest BCUT2D eigenvalue weighted by atomic mass is 10.1. The molecule has 2 heteroatoms. The van der Waals surface area contributed by atoms with Crippen molar-refractivity contribution >= 4 is 5.91 Å². The summed E-state index contributed by atoms with van der Waals surface area (Å²) in [5.41, 5.74) is 5.02. The molecule has 2 N–H and O–H groups in total. The summed E-state index contributed by atoms with van der Waals surface area (Å²) in [5.74, 6) is -0.163. The van der Waals surface area contributed by atoms with E-state index in [9.17, 15) is 4.79 Å². The van der Waals surface area contributed by atoms with E-state index in [0.29, 0.717) is 6.42 Å². The van der Waals surface area contributed by atoms with Gasteiger partial charge in [-0.05, 0) is 6.42 Å². The molecule has 0 aromatic heterocycles. The first kappa shape index (κ1) is 15.0. The minimum absolute atomic E-state index is 0. The Morgan fingerprint density at radius 3 is 1.92 bits per heavy atom. The monoisotopic (exact) mass is 187 g/mol. The number of nitrogens with two attached hydrogens (primary N) is 1. The van der Waals surface area contributed by atoms with E-state index in [1.54, 1.807) is 0 Å². The van der Waals surface area contributed by atoms with Crippen molar-refractivity contribution in [2.45, 2.75) is 65.7 Å². The van der Waals surface area contributed by atoms with Gasteiger partial charge in [0.05, 0.1) is 0 Å². The summed E-state index contributed by atoms with van der Waals surface area (Å²) in [6.45, 7) is 2.22. The van der Waals surface area contributed by atoms with Gasteiger partial charge >= 0.3 is 0 Å². The molecule has 13 heavy (non-hydrogen) atoms. The van der Waals surface area contributed by atoms with Crippen LogP contribution in [0.25, 0.3) is 0 Å². The second kappa shape index (κ2) is 11.5. The van der Waals surface area contributed by atoms with Crippen LogP contribution in [-0.4, -0.2) is 5.91 Å². The lowest BCUT2D eigenvalue weighted by molar-refractivity contribution is -0.118. The Kier molecular flexibility index (Phi) is 13.2. The van der Waals surface area contributed by atoms with E-state index in [1.807, 2.05) is 0 Å². The lowest BCUT2D eigenvalue weighted by Gasteiger charge is -1.98. The molecule has 0 aliphatic carbocycles. The fraction of sp³-hybridized carbons (Fsp3) is 0.909. The number of amides is 1. The first-order valence-electron chi connectivity index (χ1n) is 5.05. The van der Waals surface area contributed by atoms with Gasteiger partial charge in [-0.2, -0.15) is 0 Å². The largest absolute Gasteiger partial charge is 0.370 e. The summed E-state index contributed by atoms with van der Waals surface area (Å²) >= 11 is 0. The molecule has 0 unspecified atom stereocenters. The summed E-state index contributed by atoms with van der Waals surface area (Å²) < 4.78 is 0. The van der Waals surface area contributed by atoms with Crippen LogP contribution in [0.4, 0.5) is 0 Å². The molecule has 2 nitrogen and oxygen atoms in total. The van der Waals surface area contributed by atoms with Crippen molar-refractivity contribution in [2.75, 3.05) is 0 Å². The zero-order valence-corrected chi connectivity index (χ0v) is 8.14. The Bertz CT molecular complexity index is 113. The van der Waals surface area contributed by atoms with Crippen molar-refractivity contribution in [1.82, 2.24) is 0 Å². The van der Waals surface area contributed by atoms with Gasteiger partial charge in [-0.1, -0.05) is 52.9 Å². The van der Waals surface area contributed by atoms with E-state index in [0.717, 1.165) is 12.8 Å². The van der Waals surface area contributed by atoms with Crippen LogP contribution >= 0.6 is 0 Å². The number of carbonyl (C=O) groups is 1. The topological polar surface area (TPSA) is 43.1 Å². The van der Waals surface area contributed by atoms with Gasteiger partial charge in [0.25, 0.3) is 0 Å². The van der Waals surface area contributed by atoms with Crippen molar-refractivity contribution in [2.24, 2.45) is 5.73 Å². The summed E-state index contributed by atoms with van der Waals surface area (Å²) in [5, 5.41) is 0. The zero-order valence-electron chi connectivity index (χ0n) is 8.14. The van der Waals surface area contributed by atoms with Gasteiger partial charge in [-0.25, -0.2) is 0 Å². The van der Waals surface area contributed by atoms with Crippen molar-refractivity contribution in [3.05, 3.63) is 0 Å². The molecule has 0 spiro atoms. The predicted octanol–water partition coefficient (Wildman–Crippen LogP) is 3.25. The van der Waals surface area contributed by atoms with Crippen LogP contribution in [-0.2, 0) is 4.79 Å². The SMILES string of the molecule is C.CCCCCCCCCC(N)=O. The van der Waals surface area contributed by atoms with E-state index >= 15 is 0 Å². The van der Waals surface area contributed by atoms with Crippen molar-refractivity contribution < 1.29 is 4.79 Å². The molecular formula is C11H25NO. The molecule has 0 fully saturated rings. The van der Waals surface area contributed by atoms with Crippen molar-refractivity contribution in [1.29, 1.82) is 0 Å². The van der Waals surface area contributed by atoms with Gasteiger partial charge in [0, 0.05) is 6.42 Å². The Hall–Kier alpha value is -0.530. The smallest absolute Gasteiger partial charge is 0.217 e. The quantitative estimate of drug-likeness (QED) is 0.582. The molecule has 0 aromatic rings. The molecule has 0 heterocycles. The zero-order chi connectivity index (χ0) is 9.23. The van der Waals surface area contributed by atoms with E-state index in [4.69, 9.17) is 5.73 Å². The minimum atomic E-state index is -0.163. The molecule has 0 saturated heterocycles. The van der Waals surface area contributed by atoms with Crippen LogP contribution in [0, 0.1) is 0 Å². The highest BCUT2D eigenvalue weighted by molar-refractivity contribution is 5.73. The first-order chi connectivity index (χ1) is 5.77. The second-order valence-corrected chi connectivity index (χ2v) is 3.34. The third-order valence-electron chi connectivity index (χ3n) is 2.03. The Balaban J connectivity index is 0. The normalized spacial score (nSPS) is 9.31. The van der Waals surface area contributed by atoms with Gasteiger partial charge in [-0.3, -0.25) is 4.79 Å². The van der Waals surface area contributed by atoms with Crippen LogP contribution in [0.15, 0.2) is 0 Å². The van der Waals surface area contributed by atoms with Crippen molar-refractivity contribution in [3.63, 3.8) is 0 Å². The molecule has 0 aliphatic rings. The number of unbranched alkanes of at least 4 members (excludes halogenated alkanes) is 6. The third-order valence-corrected chi connectivity index (χ3v) is 2.03. The highest BCUT2D eigenvalue weighted by Crippen LogP contribution is 2.07. The Morgan fingerprint density at radius 1 is 1.00 bits per heavy atom. The number of hydrogen-bond acceptors (Lipinski definition) is 1. The fourth-order valence-corrected chi connectivity index (χ4v) is 1.26. The molecule has 0 aliphatic heterocycles. The number of hydrogen-bond donors (Lipinski definition) is 1. The van der Waals surface area contributed by atoms with Gasteiger partial charge in [0.1, 0.15) is 0 Å². The average Bonchev–Trinajstić information content (AvgIpc) is 2.02. The maximum atomic E-state index is 10.4. The first-order valence-corrected chi connectivity index (χ1v) is 5.05. The van der Waals surface area contributed by atoms with Crippen LogP contribution in [0.3, 0.4) is 0 Å². The van der Waals surface area contributed by atoms with Crippen molar-refractivity contribution in [3.8, 4) is 0 Å². The van der Waals surface area contributed by atoms with E-state index in [-0.39, 0.29) is 13.3 Å². The summed E-state index contributed by atoms with van der Waals surface area (Å²) in [7, 11) is 0. The molecule has 0 rings (SSSR count).